The molecule has 0 aromatic carbocycles. The fourth-order valence-corrected chi connectivity index (χ4v) is 1.12. The first-order valence-corrected chi connectivity index (χ1v) is 3.55. The summed E-state index contributed by atoms with van der Waals surface area (Å²) in [4.78, 5) is 21.9. The maximum absolute atomic E-state index is 11.1. The Morgan fingerprint density at radius 3 is 3.17 bits per heavy atom. The minimum absolute atomic E-state index is 0.284. The minimum atomic E-state index is -0.680. The molecule has 12 heavy (non-hydrogen) atoms. The molecular formula is C6H7N3O3. The van der Waals surface area contributed by atoms with E-state index in [1.807, 2.05) is 0 Å². The standard InChI is InChI=1S/C6H7N3O3/c10-5-6(11)9-1-2-12-3-4(9)7-8-5/h1-3H2,(H,8,10). The van der Waals surface area contributed by atoms with Crippen LogP contribution < -0.4 is 11.1 Å². The van der Waals surface area contributed by atoms with Crippen LogP contribution in [0.5, 0.6) is 0 Å². The summed E-state index contributed by atoms with van der Waals surface area (Å²) in [7, 11) is 0. The molecular weight excluding hydrogens is 162 g/mol. The molecule has 6 nitrogen and oxygen atoms in total. The Hall–Kier alpha value is -1.43. The average molecular weight is 169 g/mol. The van der Waals surface area contributed by atoms with Gasteiger partial charge in [-0.1, -0.05) is 0 Å². The van der Waals surface area contributed by atoms with Gasteiger partial charge in [-0.15, -0.1) is 0 Å². The number of nitrogens with zero attached hydrogens (tertiary/aromatic N) is 2. The third-order valence-corrected chi connectivity index (χ3v) is 1.73. The van der Waals surface area contributed by atoms with E-state index < -0.39 is 11.1 Å². The smallest absolute Gasteiger partial charge is 0.330 e. The van der Waals surface area contributed by atoms with Crippen LogP contribution in [-0.4, -0.2) is 21.4 Å². The van der Waals surface area contributed by atoms with Crippen LogP contribution in [0, 0.1) is 0 Å². The summed E-state index contributed by atoms with van der Waals surface area (Å²) in [6.07, 6.45) is 0. The van der Waals surface area contributed by atoms with Gasteiger partial charge >= 0.3 is 11.1 Å². The summed E-state index contributed by atoms with van der Waals surface area (Å²) in [6.45, 7) is 1.15. The highest BCUT2D eigenvalue weighted by molar-refractivity contribution is 4.88. The summed E-state index contributed by atoms with van der Waals surface area (Å²) in [5.74, 6) is 0.478. The summed E-state index contributed by atoms with van der Waals surface area (Å²) < 4.78 is 6.38. The first kappa shape index (κ1) is 7.23. The molecule has 1 aliphatic heterocycles. The van der Waals surface area contributed by atoms with Crippen molar-refractivity contribution >= 4 is 0 Å². The third kappa shape index (κ3) is 0.964. The van der Waals surface area contributed by atoms with Gasteiger partial charge in [-0.3, -0.25) is 14.2 Å². The Balaban J connectivity index is 2.70. The van der Waals surface area contributed by atoms with Crippen LogP contribution in [-0.2, 0) is 17.9 Å². The number of H-pyrrole nitrogens is 1. The van der Waals surface area contributed by atoms with E-state index in [-0.39, 0.29) is 6.61 Å². The number of fused-ring (bicyclic) bond motifs is 1. The van der Waals surface area contributed by atoms with E-state index in [2.05, 4.69) is 10.2 Å². The Bertz CT molecular complexity index is 405. The summed E-state index contributed by atoms with van der Waals surface area (Å²) in [5, 5.41) is 5.79. The Kier molecular flexibility index (Phi) is 1.54. The summed E-state index contributed by atoms with van der Waals surface area (Å²) >= 11 is 0. The molecule has 0 radical (unpaired) electrons. The van der Waals surface area contributed by atoms with Gasteiger partial charge in [-0.05, 0) is 0 Å². The highest BCUT2D eigenvalue weighted by Gasteiger charge is 2.12. The number of rotatable bonds is 0. The molecule has 1 N–H and O–H groups in total. The van der Waals surface area contributed by atoms with Gasteiger partial charge in [0.1, 0.15) is 6.61 Å². The molecule has 2 heterocycles. The van der Waals surface area contributed by atoms with Crippen LogP contribution in [0.1, 0.15) is 5.82 Å². The van der Waals surface area contributed by atoms with E-state index in [0.717, 1.165) is 0 Å². The molecule has 0 bridgehead atoms. The summed E-state index contributed by atoms with van der Waals surface area (Å²) in [6, 6.07) is 0. The zero-order valence-electron chi connectivity index (χ0n) is 6.24. The van der Waals surface area contributed by atoms with Crippen LogP contribution in [0.25, 0.3) is 0 Å². The molecule has 0 spiro atoms. The maximum Gasteiger partial charge on any atom is 0.330 e. The lowest BCUT2D eigenvalue weighted by Crippen LogP contribution is -2.42. The van der Waals surface area contributed by atoms with E-state index in [0.29, 0.717) is 19.0 Å². The first-order valence-electron chi connectivity index (χ1n) is 3.55. The van der Waals surface area contributed by atoms with Crippen LogP contribution in [0.15, 0.2) is 9.59 Å². The van der Waals surface area contributed by atoms with Gasteiger partial charge in [0.15, 0.2) is 5.82 Å². The zero-order valence-corrected chi connectivity index (χ0v) is 6.24. The highest BCUT2D eigenvalue weighted by Crippen LogP contribution is 1.98. The summed E-state index contributed by atoms with van der Waals surface area (Å²) in [5.41, 5.74) is -1.23. The lowest BCUT2D eigenvalue weighted by atomic mass is 10.5. The van der Waals surface area contributed by atoms with Crippen molar-refractivity contribution in [3.05, 3.63) is 26.5 Å². The first-order chi connectivity index (χ1) is 5.79. The molecule has 1 aromatic heterocycles. The van der Waals surface area contributed by atoms with Gasteiger partial charge in [-0.2, -0.15) is 5.10 Å². The number of ether oxygens (including phenoxy) is 1. The predicted octanol–water partition coefficient (Wildman–Crippen LogP) is -1.54. The van der Waals surface area contributed by atoms with Crippen LogP contribution in [0.2, 0.25) is 0 Å². The highest BCUT2D eigenvalue weighted by atomic mass is 16.5. The van der Waals surface area contributed by atoms with Crippen molar-refractivity contribution in [2.45, 2.75) is 13.2 Å². The average Bonchev–Trinajstić information content (AvgIpc) is 2.12. The predicted molar refractivity (Wildman–Crippen MR) is 38.8 cm³/mol. The molecule has 64 valence electrons. The minimum Gasteiger partial charge on any atom is -0.372 e. The normalized spacial score (nSPS) is 15.7. The van der Waals surface area contributed by atoms with Gasteiger partial charge in [0, 0.05) is 0 Å². The van der Waals surface area contributed by atoms with Crippen molar-refractivity contribution in [2.75, 3.05) is 6.61 Å². The van der Waals surface area contributed by atoms with E-state index in [1.54, 1.807) is 0 Å². The maximum atomic E-state index is 11.1. The van der Waals surface area contributed by atoms with Crippen molar-refractivity contribution in [3.63, 3.8) is 0 Å². The van der Waals surface area contributed by atoms with Crippen molar-refractivity contribution in [3.8, 4) is 0 Å². The fourth-order valence-electron chi connectivity index (χ4n) is 1.12. The molecule has 1 aromatic rings. The van der Waals surface area contributed by atoms with Crippen molar-refractivity contribution in [2.24, 2.45) is 0 Å². The monoisotopic (exact) mass is 169 g/mol. The van der Waals surface area contributed by atoms with Crippen LogP contribution in [0.4, 0.5) is 0 Å². The zero-order chi connectivity index (χ0) is 8.55. The second-order valence-electron chi connectivity index (χ2n) is 2.48. The molecule has 6 heteroatoms. The van der Waals surface area contributed by atoms with E-state index >= 15 is 0 Å². The van der Waals surface area contributed by atoms with E-state index in [9.17, 15) is 9.59 Å². The Morgan fingerprint density at radius 1 is 1.50 bits per heavy atom. The lowest BCUT2D eigenvalue weighted by Gasteiger charge is -2.15. The Labute approximate surface area is 66.8 Å². The molecule has 0 saturated carbocycles. The molecule has 0 fully saturated rings. The number of aromatic nitrogens is 3. The second kappa shape index (κ2) is 2.56. The fraction of sp³-hybridized carbons (Fsp3) is 0.500. The molecule has 1 aliphatic rings. The van der Waals surface area contributed by atoms with Gasteiger partial charge in [0.25, 0.3) is 0 Å². The number of hydrogen-bond donors (Lipinski definition) is 1. The van der Waals surface area contributed by atoms with Crippen molar-refractivity contribution in [1.29, 1.82) is 0 Å². The van der Waals surface area contributed by atoms with E-state index in [4.69, 9.17) is 4.74 Å². The van der Waals surface area contributed by atoms with Crippen molar-refractivity contribution in [1.82, 2.24) is 14.8 Å². The quantitative estimate of drug-likeness (QED) is 0.477. The molecule has 0 saturated heterocycles. The number of hydrogen-bond acceptors (Lipinski definition) is 4. The molecule has 0 amide bonds. The van der Waals surface area contributed by atoms with E-state index in [1.165, 1.54) is 4.57 Å². The van der Waals surface area contributed by atoms with Gasteiger partial charge < -0.3 is 4.74 Å². The largest absolute Gasteiger partial charge is 0.372 e. The molecule has 0 atom stereocenters. The van der Waals surface area contributed by atoms with Gasteiger partial charge in [0.05, 0.1) is 13.2 Å². The third-order valence-electron chi connectivity index (χ3n) is 1.73. The van der Waals surface area contributed by atoms with Crippen molar-refractivity contribution < 1.29 is 4.74 Å². The van der Waals surface area contributed by atoms with Crippen LogP contribution in [0.3, 0.4) is 0 Å². The number of nitrogens with one attached hydrogen (secondary N) is 1. The molecule has 0 unspecified atom stereocenters. The van der Waals surface area contributed by atoms with Gasteiger partial charge in [-0.25, -0.2) is 5.10 Å². The number of aromatic amines is 1. The topological polar surface area (TPSA) is 77.0 Å². The lowest BCUT2D eigenvalue weighted by molar-refractivity contribution is 0.0765. The SMILES string of the molecule is O=c1[nH]nc2n(c1=O)CCOC2. The molecule has 0 aliphatic carbocycles. The second-order valence-corrected chi connectivity index (χ2v) is 2.48. The Morgan fingerprint density at radius 2 is 2.33 bits per heavy atom. The molecule has 2 rings (SSSR count). The van der Waals surface area contributed by atoms with Gasteiger partial charge in [0.2, 0.25) is 0 Å². The van der Waals surface area contributed by atoms with Crippen LogP contribution >= 0.6 is 0 Å².